The van der Waals surface area contributed by atoms with Crippen LogP contribution in [0.3, 0.4) is 0 Å². The van der Waals surface area contributed by atoms with Gasteiger partial charge in [-0.15, -0.1) is 0 Å². The standard InChI is InChI=1S/C12H15FO6/c13-6-1-3-7(4-2-6)18-12-11(17)10(16)9(15)8(5-14)19-12/h1-4,8-12,14-17H,5H2/t8?,9-,10?,11+,12-/m1/s1. The molecular formula is C12H15FO6. The van der Waals surface area contributed by atoms with E-state index in [1.165, 1.54) is 24.3 Å². The zero-order valence-electron chi connectivity index (χ0n) is 9.89. The van der Waals surface area contributed by atoms with Crippen LogP contribution in [0.25, 0.3) is 0 Å². The molecule has 1 aromatic rings. The third-order valence-electron chi connectivity index (χ3n) is 2.91. The van der Waals surface area contributed by atoms with Gasteiger partial charge in [-0.2, -0.15) is 0 Å². The van der Waals surface area contributed by atoms with Crippen molar-refractivity contribution in [2.45, 2.75) is 30.7 Å². The SMILES string of the molecule is OCC1O[C@@H](Oc2ccc(F)cc2)[C@@H](O)C(O)[C@@H]1O. The molecule has 19 heavy (non-hydrogen) atoms. The Labute approximate surface area is 108 Å². The van der Waals surface area contributed by atoms with Crippen molar-refractivity contribution in [2.75, 3.05) is 6.61 Å². The first-order chi connectivity index (χ1) is 9.02. The minimum atomic E-state index is -1.50. The molecule has 0 aliphatic carbocycles. The summed E-state index contributed by atoms with van der Waals surface area (Å²) in [5, 5.41) is 37.9. The van der Waals surface area contributed by atoms with Gasteiger partial charge in [0.25, 0.3) is 0 Å². The maximum absolute atomic E-state index is 12.7. The van der Waals surface area contributed by atoms with E-state index in [2.05, 4.69) is 0 Å². The van der Waals surface area contributed by atoms with Crippen LogP contribution in [0.1, 0.15) is 0 Å². The predicted molar refractivity (Wildman–Crippen MR) is 60.8 cm³/mol. The molecule has 5 atom stereocenters. The molecule has 0 saturated carbocycles. The third kappa shape index (κ3) is 3.02. The van der Waals surface area contributed by atoms with Crippen LogP contribution < -0.4 is 4.74 Å². The molecule has 7 heteroatoms. The molecule has 6 nitrogen and oxygen atoms in total. The van der Waals surface area contributed by atoms with Gasteiger partial charge in [0, 0.05) is 0 Å². The number of ether oxygens (including phenoxy) is 2. The lowest BCUT2D eigenvalue weighted by Crippen LogP contribution is -2.60. The van der Waals surface area contributed by atoms with Crippen molar-refractivity contribution in [2.24, 2.45) is 0 Å². The summed E-state index contributed by atoms with van der Waals surface area (Å²) < 4.78 is 23.1. The number of benzene rings is 1. The monoisotopic (exact) mass is 274 g/mol. The van der Waals surface area contributed by atoms with E-state index < -0.39 is 43.1 Å². The summed E-state index contributed by atoms with van der Waals surface area (Å²) in [6, 6.07) is 4.99. The summed E-state index contributed by atoms with van der Waals surface area (Å²) >= 11 is 0. The van der Waals surface area contributed by atoms with E-state index in [-0.39, 0.29) is 5.75 Å². The molecular weight excluding hydrogens is 259 g/mol. The van der Waals surface area contributed by atoms with E-state index in [0.717, 1.165) is 0 Å². The topological polar surface area (TPSA) is 99.4 Å². The molecule has 0 spiro atoms. The number of hydrogen-bond acceptors (Lipinski definition) is 6. The molecule has 0 amide bonds. The van der Waals surface area contributed by atoms with Crippen molar-refractivity contribution in [1.29, 1.82) is 0 Å². The summed E-state index contributed by atoms with van der Waals surface area (Å²) in [7, 11) is 0. The Morgan fingerprint density at radius 3 is 2.26 bits per heavy atom. The second-order valence-electron chi connectivity index (χ2n) is 4.27. The Kier molecular flexibility index (Phi) is 4.33. The molecule has 0 aromatic heterocycles. The highest BCUT2D eigenvalue weighted by Crippen LogP contribution is 2.24. The second kappa shape index (κ2) is 5.81. The Morgan fingerprint density at radius 1 is 1.05 bits per heavy atom. The van der Waals surface area contributed by atoms with Crippen molar-refractivity contribution in [3.05, 3.63) is 30.1 Å². The van der Waals surface area contributed by atoms with Crippen molar-refractivity contribution >= 4 is 0 Å². The lowest BCUT2D eigenvalue weighted by atomic mass is 9.99. The number of halogens is 1. The fourth-order valence-electron chi connectivity index (χ4n) is 1.81. The van der Waals surface area contributed by atoms with Gasteiger partial charge in [-0.3, -0.25) is 0 Å². The predicted octanol–water partition coefficient (Wildman–Crippen LogP) is -0.996. The number of rotatable bonds is 3. The fourth-order valence-corrected chi connectivity index (χ4v) is 1.81. The molecule has 1 saturated heterocycles. The average molecular weight is 274 g/mol. The van der Waals surface area contributed by atoms with Crippen LogP contribution in [-0.4, -0.2) is 57.7 Å². The number of hydrogen-bond donors (Lipinski definition) is 4. The second-order valence-corrected chi connectivity index (χ2v) is 4.27. The average Bonchev–Trinajstić information content (AvgIpc) is 2.42. The molecule has 2 rings (SSSR count). The van der Waals surface area contributed by atoms with Gasteiger partial charge in [0.15, 0.2) is 0 Å². The van der Waals surface area contributed by atoms with Gasteiger partial charge in [-0.05, 0) is 24.3 Å². The molecule has 1 fully saturated rings. The van der Waals surface area contributed by atoms with Crippen LogP contribution in [0.5, 0.6) is 5.75 Å². The number of aliphatic hydroxyl groups excluding tert-OH is 4. The van der Waals surface area contributed by atoms with E-state index in [9.17, 15) is 19.7 Å². The van der Waals surface area contributed by atoms with Crippen LogP contribution in [0, 0.1) is 5.82 Å². The van der Waals surface area contributed by atoms with Gasteiger partial charge in [-0.1, -0.05) is 0 Å². The minimum absolute atomic E-state index is 0.228. The molecule has 1 heterocycles. The van der Waals surface area contributed by atoms with Gasteiger partial charge in [-0.25, -0.2) is 4.39 Å². The van der Waals surface area contributed by atoms with Crippen molar-refractivity contribution < 1.29 is 34.3 Å². The summed E-state index contributed by atoms with van der Waals surface area (Å²) in [5.41, 5.74) is 0. The maximum Gasteiger partial charge on any atom is 0.229 e. The largest absolute Gasteiger partial charge is 0.462 e. The zero-order valence-corrected chi connectivity index (χ0v) is 9.89. The highest BCUT2D eigenvalue weighted by Gasteiger charge is 2.44. The smallest absolute Gasteiger partial charge is 0.229 e. The van der Waals surface area contributed by atoms with E-state index in [0.29, 0.717) is 0 Å². The van der Waals surface area contributed by atoms with Gasteiger partial charge >= 0.3 is 0 Å². The van der Waals surface area contributed by atoms with Crippen molar-refractivity contribution in [3.63, 3.8) is 0 Å². The summed E-state index contributed by atoms with van der Waals surface area (Å²) in [5.74, 6) is -0.216. The summed E-state index contributed by atoms with van der Waals surface area (Å²) in [6.07, 6.45) is -6.72. The summed E-state index contributed by atoms with van der Waals surface area (Å²) in [4.78, 5) is 0. The molecule has 2 unspecified atom stereocenters. The lowest BCUT2D eigenvalue weighted by molar-refractivity contribution is -0.277. The van der Waals surface area contributed by atoms with Crippen LogP contribution in [0.4, 0.5) is 4.39 Å². The van der Waals surface area contributed by atoms with Gasteiger partial charge < -0.3 is 29.9 Å². The van der Waals surface area contributed by atoms with Crippen molar-refractivity contribution in [1.82, 2.24) is 0 Å². The first kappa shape index (κ1) is 14.2. The molecule has 1 aliphatic rings. The molecule has 4 N–H and O–H groups in total. The zero-order chi connectivity index (χ0) is 14.0. The van der Waals surface area contributed by atoms with E-state index in [1.54, 1.807) is 0 Å². The fraction of sp³-hybridized carbons (Fsp3) is 0.500. The molecule has 1 aliphatic heterocycles. The quantitative estimate of drug-likeness (QED) is 0.564. The van der Waals surface area contributed by atoms with E-state index in [4.69, 9.17) is 14.6 Å². The van der Waals surface area contributed by atoms with Gasteiger partial charge in [0.05, 0.1) is 6.61 Å². The van der Waals surface area contributed by atoms with Gasteiger partial charge in [0.1, 0.15) is 36.0 Å². The van der Waals surface area contributed by atoms with Crippen LogP contribution >= 0.6 is 0 Å². The van der Waals surface area contributed by atoms with Crippen LogP contribution in [-0.2, 0) is 4.74 Å². The first-order valence-electron chi connectivity index (χ1n) is 5.75. The van der Waals surface area contributed by atoms with E-state index in [1.807, 2.05) is 0 Å². The molecule has 1 aromatic carbocycles. The first-order valence-corrected chi connectivity index (χ1v) is 5.75. The Balaban J connectivity index is 2.08. The Bertz CT molecular complexity index is 409. The Hall–Kier alpha value is -1.25. The highest BCUT2D eigenvalue weighted by molar-refractivity contribution is 5.22. The number of aliphatic hydroxyl groups is 4. The van der Waals surface area contributed by atoms with Crippen LogP contribution in [0.15, 0.2) is 24.3 Å². The van der Waals surface area contributed by atoms with Crippen LogP contribution in [0.2, 0.25) is 0 Å². The highest BCUT2D eigenvalue weighted by atomic mass is 19.1. The third-order valence-corrected chi connectivity index (χ3v) is 2.91. The minimum Gasteiger partial charge on any atom is -0.462 e. The molecule has 0 bridgehead atoms. The maximum atomic E-state index is 12.7. The van der Waals surface area contributed by atoms with Gasteiger partial charge in [0.2, 0.25) is 6.29 Å². The Morgan fingerprint density at radius 2 is 1.68 bits per heavy atom. The molecule has 0 radical (unpaired) electrons. The molecule has 106 valence electrons. The summed E-state index contributed by atoms with van der Waals surface area (Å²) in [6.45, 7) is -0.534. The lowest BCUT2D eigenvalue weighted by Gasteiger charge is -2.39. The van der Waals surface area contributed by atoms with Crippen molar-refractivity contribution in [3.8, 4) is 5.75 Å². The normalized spacial score (nSPS) is 35.1. The van der Waals surface area contributed by atoms with E-state index >= 15 is 0 Å².